The third kappa shape index (κ3) is 1.91. The van der Waals surface area contributed by atoms with E-state index in [4.69, 9.17) is 5.73 Å². The normalized spacial score (nSPS) is 11.9. The minimum atomic E-state index is 0.0617. The predicted octanol–water partition coefficient (Wildman–Crippen LogP) is 2.51. The first-order valence-corrected chi connectivity index (χ1v) is 4.99. The highest BCUT2D eigenvalue weighted by molar-refractivity contribution is 5.79. The van der Waals surface area contributed by atoms with Gasteiger partial charge in [0.1, 0.15) is 5.82 Å². The fourth-order valence-electron chi connectivity index (χ4n) is 1.45. The van der Waals surface area contributed by atoms with Crippen LogP contribution in [-0.2, 0) is 5.41 Å². The molecule has 0 unspecified atom stereocenters. The number of nitrogens with two attached hydrogens (primary N) is 1. The maximum absolute atomic E-state index is 5.63. The van der Waals surface area contributed by atoms with Crippen molar-refractivity contribution in [3.8, 4) is 0 Å². The van der Waals surface area contributed by atoms with Crippen molar-refractivity contribution in [2.75, 3.05) is 5.73 Å². The van der Waals surface area contributed by atoms with Crippen LogP contribution in [0.25, 0.3) is 10.9 Å². The first kappa shape index (κ1) is 9.90. The van der Waals surface area contributed by atoms with Crippen molar-refractivity contribution in [2.24, 2.45) is 0 Å². The van der Waals surface area contributed by atoms with Gasteiger partial charge in [-0.1, -0.05) is 20.8 Å². The SMILES string of the molecule is CC(C)(C)c1ccc2cnc(N)cc2n1. The Bertz CT molecular complexity index is 498. The quantitative estimate of drug-likeness (QED) is 0.712. The molecule has 2 rings (SSSR count). The second-order valence-corrected chi connectivity index (χ2v) is 4.75. The topological polar surface area (TPSA) is 51.8 Å². The molecule has 2 heterocycles. The molecule has 0 aliphatic carbocycles. The number of pyridine rings is 2. The van der Waals surface area contributed by atoms with Crippen molar-refractivity contribution in [1.29, 1.82) is 0 Å². The van der Waals surface area contributed by atoms with Crippen molar-refractivity contribution >= 4 is 16.7 Å². The van der Waals surface area contributed by atoms with Gasteiger partial charge in [-0.05, 0) is 12.1 Å². The van der Waals surface area contributed by atoms with Gasteiger partial charge in [0.15, 0.2) is 0 Å². The summed E-state index contributed by atoms with van der Waals surface area (Å²) in [6.45, 7) is 6.43. The molecule has 3 heteroatoms. The molecule has 0 aromatic carbocycles. The first-order valence-electron chi connectivity index (χ1n) is 4.99. The Kier molecular flexibility index (Phi) is 2.11. The van der Waals surface area contributed by atoms with E-state index in [-0.39, 0.29) is 5.41 Å². The van der Waals surface area contributed by atoms with Gasteiger partial charge in [-0.2, -0.15) is 0 Å². The standard InChI is InChI=1S/C12H15N3/c1-12(2,3)10-5-4-8-7-14-11(13)6-9(8)15-10/h4-7H,1-3H3,(H2,13,14). The molecule has 0 saturated carbocycles. The molecule has 2 aromatic heterocycles. The summed E-state index contributed by atoms with van der Waals surface area (Å²) >= 11 is 0. The number of nitrogen functional groups attached to an aromatic ring is 1. The molecule has 0 bridgehead atoms. The van der Waals surface area contributed by atoms with Crippen molar-refractivity contribution in [2.45, 2.75) is 26.2 Å². The highest BCUT2D eigenvalue weighted by Gasteiger charge is 2.15. The third-order valence-electron chi connectivity index (χ3n) is 2.36. The van der Waals surface area contributed by atoms with Crippen LogP contribution in [0.3, 0.4) is 0 Å². The second kappa shape index (κ2) is 3.19. The Morgan fingerprint density at radius 3 is 2.60 bits per heavy atom. The van der Waals surface area contributed by atoms with Gasteiger partial charge in [-0.15, -0.1) is 0 Å². The predicted molar refractivity (Wildman–Crippen MR) is 62.7 cm³/mol. The average molecular weight is 201 g/mol. The maximum Gasteiger partial charge on any atom is 0.125 e. The summed E-state index contributed by atoms with van der Waals surface area (Å²) in [5.41, 5.74) is 7.68. The van der Waals surface area contributed by atoms with Gasteiger partial charge in [0.25, 0.3) is 0 Å². The van der Waals surface area contributed by atoms with E-state index in [0.717, 1.165) is 16.6 Å². The van der Waals surface area contributed by atoms with E-state index in [0.29, 0.717) is 5.82 Å². The smallest absolute Gasteiger partial charge is 0.125 e. The second-order valence-electron chi connectivity index (χ2n) is 4.75. The van der Waals surface area contributed by atoms with Gasteiger partial charge in [-0.25, -0.2) is 4.98 Å². The van der Waals surface area contributed by atoms with Crippen LogP contribution in [0, 0.1) is 0 Å². The molecule has 0 aliphatic heterocycles. The molecule has 0 aliphatic rings. The van der Waals surface area contributed by atoms with Crippen LogP contribution in [0.2, 0.25) is 0 Å². The Balaban J connectivity index is 2.64. The maximum atomic E-state index is 5.63. The molecule has 15 heavy (non-hydrogen) atoms. The lowest BCUT2D eigenvalue weighted by Gasteiger charge is -2.17. The number of rotatable bonds is 0. The van der Waals surface area contributed by atoms with E-state index in [9.17, 15) is 0 Å². The summed E-state index contributed by atoms with van der Waals surface area (Å²) < 4.78 is 0. The largest absolute Gasteiger partial charge is 0.384 e. The van der Waals surface area contributed by atoms with Gasteiger partial charge >= 0.3 is 0 Å². The third-order valence-corrected chi connectivity index (χ3v) is 2.36. The number of anilines is 1. The van der Waals surface area contributed by atoms with Crippen LogP contribution < -0.4 is 5.73 Å². The number of hydrogen-bond donors (Lipinski definition) is 1. The van der Waals surface area contributed by atoms with Crippen molar-refractivity contribution in [3.05, 3.63) is 30.1 Å². The Morgan fingerprint density at radius 2 is 1.93 bits per heavy atom. The van der Waals surface area contributed by atoms with Crippen LogP contribution >= 0.6 is 0 Å². The summed E-state index contributed by atoms with van der Waals surface area (Å²) in [7, 11) is 0. The molecule has 0 radical (unpaired) electrons. The van der Waals surface area contributed by atoms with Crippen LogP contribution in [-0.4, -0.2) is 9.97 Å². The molecule has 0 atom stereocenters. The summed E-state index contributed by atoms with van der Waals surface area (Å²) in [4.78, 5) is 8.62. The highest BCUT2D eigenvalue weighted by Crippen LogP contribution is 2.22. The molecule has 3 nitrogen and oxygen atoms in total. The molecule has 0 amide bonds. The summed E-state index contributed by atoms with van der Waals surface area (Å²) in [6, 6.07) is 5.89. The Morgan fingerprint density at radius 1 is 1.20 bits per heavy atom. The van der Waals surface area contributed by atoms with Gasteiger partial charge < -0.3 is 5.73 Å². The number of fused-ring (bicyclic) bond motifs is 1. The molecular weight excluding hydrogens is 186 g/mol. The fraction of sp³-hybridized carbons (Fsp3) is 0.333. The van der Waals surface area contributed by atoms with Crippen LogP contribution in [0.5, 0.6) is 0 Å². The molecule has 0 saturated heterocycles. The summed E-state index contributed by atoms with van der Waals surface area (Å²) in [5, 5.41) is 1.03. The van der Waals surface area contributed by atoms with Gasteiger partial charge in [0.05, 0.1) is 5.52 Å². The number of nitrogens with zero attached hydrogens (tertiary/aromatic N) is 2. The zero-order chi connectivity index (χ0) is 11.1. The molecule has 0 fully saturated rings. The molecule has 78 valence electrons. The van der Waals surface area contributed by atoms with Crippen molar-refractivity contribution in [1.82, 2.24) is 9.97 Å². The van der Waals surface area contributed by atoms with Crippen LogP contribution in [0.4, 0.5) is 5.82 Å². The van der Waals surface area contributed by atoms with Crippen LogP contribution in [0.1, 0.15) is 26.5 Å². The van der Waals surface area contributed by atoms with Crippen molar-refractivity contribution in [3.63, 3.8) is 0 Å². The van der Waals surface area contributed by atoms with E-state index in [1.165, 1.54) is 0 Å². The van der Waals surface area contributed by atoms with Crippen molar-refractivity contribution < 1.29 is 0 Å². The fourth-order valence-corrected chi connectivity index (χ4v) is 1.45. The lowest BCUT2D eigenvalue weighted by atomic mass is 9.91. The Labute approximate surface area is 89.4 Å². The highest BCUT2D eigenvalue weighted by atomic mass is 14.8. The average Bonchev–Trinajstić information content (AvgIpc) is 2.15. The lowest BCUT2D eigenvalue weighted by Crippen LogP contribution is -2.13. The van der Waals surface area contributed by atoms with E-state index < -0.39 is 0 Å². The van der Waals surface area contributed by atoms with Crippen LogP contribution in [0.15, 0.2) is 24.4 Å². The first-order chi connectivity index (χ1) is 6.97. The van der Waals surface area contributed by atoms with Gasteiger partial charge in [0, 0.05) is 28.8 Å². The summed E-state index contributed by atoms with van der Waals surface area (Å²) in [6.07, 6.45) is 1.75. The number of hydrogen-bond acceptors (Lipinski definition) is 3. The Hall–Kier alpha value is -1.64. The zero-order valence-corrected chi connectivity index (χ0v) is 9.28. The molecule has 2 aromatic rings. The monoisotopic (exact) mass is 201 g/mol. The molecular formula is C12H15N3. The van der Waals surface area contributed by atoms with Gasteiger partial charge in [0.2, 0.25) is 0 Å². The van der Waals surface area contributed by atoms with E-state index in [2.05, 4.69) is 30.7 Å². The van der Waals surface area contributed by atoms with E-state index in [1.54, 1.807) is 6.20 Å². The number of aromatic nitrogens is 2. The lowest BCUT2D eigenvalue weighted by molar-refractivity contribution is 0.571. The van der Waals surface area contributed by atoms with E-state index >= 15 is 0 Å². The molecule has 2 N–H and O–H groups in total. The summed E-state index contributed by atoms with van der Waals surface area (Å²) in [5.74, 6) is 0.515. The van der Waals surface area contributed by atoms with E-state index in [1.807, 2.05) is 18.2 Å². The molecule has 0 spiro atoms. The van der Waals surface area contributed by atoms with Gasteiger partial charge in [-0.3, -0.25) is 4.98 Å². The minimum Gasteiger partial charge on any atom is -0.384 e. The minimum absolute atomic E-state index is 0.0617. The zero-order valence-electron chi connectivity index (χ0n) is 9.28.